The van der Waals surface area contributed by atoms with E-state index in [0.29, 0.717) is 32.0 Å². The number of terminal acetylenes is 1. The van der Waals surface area contributed by atoms with E-state index in [1.165, 1.54) is 0 Å². The van der Waals surface area contributed by atoms with E-state index in [1.54, 1.807) is 20.9 Å². The number of hydrogen-bond acceptors (Lipinski definition) is 3. The van der Waals surface area contributed by atoms with Crippen LogP contribution in [0, 0.1) is 12.3 Å². The van der Waals surface area contributed by atoms with Gasteiger partial charge in [-0.25, -0.2) is 8.42 Å². The minimum absolute atomic E-state index is 0. The molecule has 1 heterocycles. The van der Waals surface area contributed by atoms with Gasteiger partial charge in [0.15, 0.2) is 15.8 Å². The lowest BCUT2D eigenvalue weighted by Crippen LogP contribution is -2.57. The van der Waals surface area contributed by atoms with Crippen LogP contribution >= 0.6 is 24.0 Å². The monoisotopic (exact) mass is 399 g/mol. The summed E-state index contributed by atoms with van der Waals surface area (Å²) in [5, 5.41) is 3.14. The molecule has 1 aliphatic heterocycles. The van der Waals surface area contributed by atoms with Crippen LogP contribution in [0.3, 0.4) is 0 Å². The lowest BCUT2D eigenvalue weighted by Gasteiger charge is -2.39. The second-order valence-corrected chi connectivity index (χ2v) is 7.67. The van der Waals surface area contributed by atoms with Crippen LogP contribution < -0.4 is 5.32 Å². The van der Waals surface area contributed by atoms with Gasteiger partial charge in [-0.3, -0.25) is 4.99 Å². The Kier molecular flexibility index (Phi) is 7.15. The van der Waals surface area contributed by atoms with E-state index in [4.69, 9.17) is 6.42 Å². The van der Waals surface area contributed by atoms with Gasteiger partial charge in [-0.05, 0) is 13.8 Å². The molecule has 1 N–H and O–H groups in total. The molecule has 0 aliphatic carbocycles. The van der Waals surface area contributed by atoms with Gasteiger partial charge in [0.25, 0.3) is 0 Å². The highest BCUT2D eigenvalue weighted by molar-refractivity contribution is 14.0. The number of nitrogens with zero attached hydrogens (tertiary/aromatic N) is 2. The molecule has 19 heavy (non-hydrogen) atoms. The maximum absolute atomic E-state index is 11.9. The number of sulfone groups is 1. The van der Waals surface area contributed by atoms with Crippen LogP contribution in [0.15, 0.2) is 4.99 Å². The summed E-state index contributed by atoms with van der Waals surface area (Å²) < 4.78 is 23.1. The van der Waals surface area contributed by atoms with Crippen molar-refractivity contribution in [2.24, 2.45) is 4.99 Å². The summed E-state index contributed by atoms with van der Waals surface area (Å²) in [6.45, 7) is 5.08. The average molecular weight is 399 g/mol. The maximum atomic E-state index is 11.9. The molecule has 110 valence electrons. The molecular weight excluding hydrogens is 377 g/mol. The van der Waals surface area contributed by atoms with E-state index in [-0.39, 0.29) is 29.7 Å². The van der Waals surface area contributed by atoms with Gasteiger partial charge in [-0.2, -0.15) is 0 Å². The summed E-state index contributed by atoms with van der Waals surface area (Å²) in [5.74, 6) is 3.43. The summed E-state index contributed by atoms with van der Waals surface area (Å²) in [7, 11) is -1.33. The molecular formula is C12H22IN3O2S. The highest BCUT2D eigenvalue weighted by Crippen LogP contribution is 2.23. The molecule has 0 radical (unpaired) electrons. The van der Waals surface area contributed by atoms with Gasteiger partial charge in [0, 0.05) is 33.1 Å². The van der Waals surface area contributed by atoms with E-state index in [0.717, 1.165) is 0 Å². The highest BCUT2D eigenvalue weighted by atomic mass is 127. The first-order valence-corrected chi connectivity index (χ1v) is 7.60. The molecule has 0 bridgehead atoms. The Morgan fingerprint density at radius 2 is 2.16 bits per heavy atom. The fourth-order valence-corrected chi connectivity index (χ4v) is 3.27. The molecule has 1 rings (SSSR count). The zero-order valence-corrected chi connectivity index (χ0v) is 14.8. The number of guanidine groups is 1. The quantitative estimate of drug-likeness (QED) is 0.244. The fourth-order valence-electron chi connectivity index (χ4n) is 1.90. The van der Waals surface area contributed by atoms with Gasteiger partial charge in [-0.1, -0.05) is 0 Å². The highest BCUT2D eigenvalue weighted by Gasteiger charge is 2.40. The minimum Gasteiger partial charge on any atom is -0.355 e. The molecule has 0 aromatic rings. The van der Waals surface area contributed by atoms with E-state index in [1.807, 2.05) is 4.90 Å². The molecule has 0 aromatic carbocycles. The van der Waals surface area contributed by atoms with Gasteiger partial charge in [0.05, 0.1) is 10.5 Å². The smallest absolute Gasteiger partial charge is 0.193 e. The lowest BCUT2D eigenvalue weighted by molar-refractivity contribution is 0.354. The third-order valence-electron chi connectivity index (χ3n) is 3.11. The summed E-state index contributed by atoms with van der Waals surface area (Å²) >= 11 is 0. The number of nitrogens with one attached hydrogen (secondary N) is 1. The summed E-state index contributed by atoms with van der Waals surface area (Å²) in [5.41, 5.74) is 0. The minimum atomic E-state index is -3.02. The second kappa shape index (κ2) is 7.33. The normalized spacial score (nSPS) is 21.2. The van der Waals surface area contributed by atoms with Gasteiger partial charge < -0.3 is 10.2 Å². The van der Waals surface area contributed by atoms with Crippen molar-refractivity contribution < 1.29 is 8.42 Å². The zero-order valence-electron chi connectivity index (χ0n) is 11.6. The fraction of sp³-hybridized carbons (Fsp3) is 0.750. The Morgan fingerprint density at radius 3 is 2.63 bits per heavy atom. The summed E-state index contributed by atoms with van der Waals surface area (Å²) in [4.78, 5) is 6.13. The predicted octanol–water partition coefficient (Wildman–Crippen LogP) is 0.712. The van der Waals surface area contributed by atoms with Crippen LogP contribution in [0.1, 0.15) is 20.3 Å². The Hall–Kier alpha value is -0.490. The Balaban J connectivity index is 0.00000324. The molecule has 5 nitrogen and oxygen atoms in total. The largest absolute Gasteiger partial charge is 0.355 e. The van der Waals surface area contributed by atoms with Crippen LogP contribution in [-0.4, -0.2) is 56.5 Å². The maximum Gasteiger partial charge on any atom is 0.193 e. The molecule has 0 saturated carbocycles. The van der Waals surface area contributed by atoms with Crippen molar-refractivity contribution >= 4 is 39.8 Å². The molecule has 0 atom stereocenters. The van der Waals surface area contributed by atoms with Gasteiger partial charge in [0.1, 0.15) is 0 Å². The first kappa shape index (κ1) is 18.5. The summed E-state index contributed by atoms with van der Waals surface area (Å²) in [6, 6.07) is 0. The van der Waals surface area contributed by atoms with Gasteiger partial charge >= 0.3 is 0 Å². The molecule has 1 fully saturated rings. The molecule has 1 saturated heterocycles. The first-order valence-electron chi connectivity index (χ1n) is 5.95. The number of halogens is 1. The van der Waals surface area contributed by atoms with Crippen molar-refractivity contribution in [3.63, 3.8) is 0 Å². The standard InChI is InChI=1S/C12H21N3O2S.HI/c1-5-6-7-14-11(13-4)15-8-9-18(16,17)12(2,3)10-15;/h1H,6-10H2,2-4H3,(H,13,14);1H. The zero-order chi connectivity index (χ0) is 13.8. The molecule has 0 spiro atoms. The third kappa shape index (κ3) is 4.53. The average Bonchev–Trinajstić information content (AvgIpc) is 2.29. The van der Waals surface area contributed by atoms with Crippen LogP contribution in [0.4, 0.5) is 0 Å². The molecule has 0 amide bonds. The van der Waals surface area contributed by atoms with Crippen molar-refractivity contribution in [1.82, 2.24) is 10.2 Å². The molecule has 7 heteroatoms. The van der Waals surface area contributed by atoms with Gasteiger partial charge in [-0.15, -0.1) is 36.3 Å². The van der Waals surface area contributed by atoms with Crippen molar-refractivity contribution in [3.8, 4) is 12.3 Å². The SMILES string of the molecule is C#CCCNC(=NC)N1CCS(=O)(=O)C(C)(C)C1.I. The number of hydrogen-bond donors (Lipinski definition) is 1. The van der Waals surface area contributed by atoms with Crippen LogP contribution in [0.5, 0.6) is 0 Å². The Morgan fingerprint density at radius 1 is 1.53 bits per heavy atom. The molecule has 1 aliphatic rings. The van der Waals surface area contributed by atoms with E-state index < -0.39 is 14.6 Å². The van der Waals surface area contributed by atoms with E-state index >= 15 is 0 Å². The second-order valence-electron chi connectivity index (χ2n) is 4.93. The van der Waals surface area contributed by atoms with E-state index in [9.17, 15) is 8.42 Å². The number of rotatable bonds is 2. The molecule has 0 unspecified atom stereocenters. The lowest BCUT2D eigenvalue weighted by atomic mass is 10.2. The van der Waals surface area contributed by atoms with Crippen LogP contribution in [0.25, 0.3) is 0 Å². The van der Waals surface area contributed by atoms with Crippen molar-refractivity contribution in [3.05, 3.63) is 0 Å². The van der Waals surface area contributed by atoms with Gasteiger partial charge in [0.2, 0.25) is 0 Å². The Labute approximate surface area is 133 Å². The topological polar surface area (TPSA) is 61.8 Å². The van der Waals surface area contributed by atoms with Crippen LogP contribution in [-0.2, 0) is 9.84 Å². The van der Waals surface area contributed by atoms with Crippen LogP contribution in [0.2, 0.25) is 0 Å². The van der Waals surface area contributed by atoms with Crippen molar-refractivity contribution in [1.29, 1.82) is 0 Å². The number of aliphatic imine (C=N–C) groups is 1. The Bertz CT molecular complexity index is 466. The first-order chi connectivity index (χ1) is 8.34. The van der Waals surface area contributed by atoms with E-state index in [2.05, 4.69) is 16.2 Å². The van der Waals surface area contributed by atoms with Crippen molar-refractivity contribution in [2.75, 3.05) is 32.4 Å². The summed E-state index contributed by atoms with van der Waals surface area (Å²) in [6.07, 6.45) is 5.81. The predicted molar refractivity (Wildman–Crippen MR) is 89.7 cm³/mol. The molecule has 0 aromatic heterocycles. The third-order valence-corrected chi connectivity index (χ3v) is 5.64. The van der Waals surface area contributed by atoms with Crippen molar-refractivity contribution in [2.45, 2.75) is 25.0 Å².